The van der Waals surface area contributed by atoms with Crippen LogP contribution in [0.5, 0.6) is 17.2 Å². The van der Waals surface area contributed by atoms with E-state index in [2.05, 4.69) is 4.98 Å². The Morgan fingerprint density at radius 3 is 2.55 bits per heavy atom. The molecule has 0 spiro atoms. The van der Waals surface area contributed by atoms with Crippen LogP contribution in [0, 0.1) is 0 Å². The standard InChI is InChI=1S/C23H22N2O4/c1-3-28-17-13-18(27-2)22(24)21-20(17)19-15(23(21)26)8-6-9-16(19)29-12-10-14-7-4-5-11-25-14/h4-9,11,13H,3,10,12,24H2,1-2H3. The monoisotopic (exact) mass is 390 g/mol. The number of ketones is 1. The average molecular weight is 390 g/mol. The summed E-state index contributed by atoms with van der Waals surface area (Å²) in [4.78, 5) is 17.4. The number of hydrogen-bond donors (Lipinski definition) is 1. The number of benzene rings is 2. The van der Waals surface area contributed by atoms with Crippen LogP contribution in [0.4, 0.5) is 5.69 Å². The number of ether oxygens (including phenoxy) is 3. The molecule has 2 N–H and O–H groups in total. The lowest BCUT2D eigenvalue weighted by molar-refractivity contribution is 0.104. The number of rotatable bonds is 7. The van der Waals surface area contributed by atoms with Crippen molar-refractivity contribution in [2.45, 2.75) is 13.3 Å². The fourth-order valence-corrected chi connectivity index (χ4v) is 3.62. The molecule has 2 aromatic carbocycles. The van der Waals surface area contributed by atoms with Gasteiger partial charge in [-0.05, 0) is 25.1 Å². The fourth-order valence-electron chi connectivity index (χ4n) is 3.62. The van der Waals surface area contributed by atoms with Gasteiger partial charge in [0, 0.05) is 41.1 Å². The third-order valence-electron chi connectivity index (χ3n) is 4.90. The van der Waals surface area contributed by atoms with E-state index in [9.17, 15) is 4.79 Å². The topological polar surface area (TPSA) is 83.7 Å². The molecule has 0 fully saturated rings. The number of nitrogen functional groups attached to an aromatic ring is 1. The maximum absolute atomic E-state index is 13.1. The van der Waals surface area contributed by atoms with Gasteiger partial charge in [-0.2, -0.15) is 0 Å². The van der Waals surface area contributed by atoms with E-state index in [1.807, 2.05) is 37.3 Å². The Kier molecular flexibility index (Phi) is 5.08. The van der Waals surface area contributed by atoms with E-state index < -0.39 is 0 Å². The lowest BCUT2D eigenvalue weighted by atomic mass is 10.0. The number of methoxy groups -OCH3 is 1. The van der Waals surface area contributed by atoms with E-state index in [0.29, 0.717) is 64.8 Å². The van der Waals surface area contributed by atoms with Gasteiger partial charge < -0.3 is 19.9 Å². The van der Waals surface area contributed by atoms with Gasteiger partial charge in [0.15, 0.2) is 5.78 Å². The van der Waals surface area contributed by atoms with Gasteiger partial charge in [-0.3, -0.25) is 9.78 Å². The zero-order chi connectivity index (χ0) is 20.4. The summed E-state index contributed by atoms with van der Waals surface area (Å²) in [5.41, 5.74) is 9.85. The zero-order valence-electron chi connectivity index (χ0n) is 16.4. The van der Waals surface area contributed by atoms with Gasteiger partial charge >= 0.3 is 0 Å². The number of fused-ring (bicyclic) bond motifs is 3. The van der Waals surface area contributed by atoms with Crippen LogP contribution >= 0.6 is 0 Å². The third kappa shape index (κ3) is 3.27. The van der Waals surface area contributed by atoms with E-state index in [1.165, 1.54) is 7.11 Å². The Bertz CT molecular complexity index is 1060. The highest BCUT2D eigenvalue weighted by Crippen LogP contribution is 2.51. The van der Waals surface area contributed by atoms with Crippen molar-refractivity contribution in [1.82, 2.24) is 4.98 Å². The number of carbonyl (C=O) groups is 1. The van der Waals surface area contributed by atoms with Crippen LogP contribution in [-0.4, -0.2) is 31.1 Å². The van der Waals surface area contributed by atoms with Crippen molar-refractivity contribution in [3.63, 3.8) is 0 Å². The normalized spacial score (nSPS) is 11.7. The molecule has 6 heteroatoms. The minimum absolute atomic E-state index is 0.150. The molecule has 29 heavy (non-hydrogen) atoms. The minimum atomic E-state index is -0.150. The smallest absolute Gasteiger partial charge is 0.196 e. The summed E-state index contributed by atoms with van der Waals surface area (Å²) in [5.74, 6) is 1.45. The van der Waals surface area contributed by atoms with Gasteiger partial charge in [0.25, 0.3) is 0 Å². The van der Waals surface area contributed by atoms with Crippen LogP contribution in [0.2, 0.25) is 0 Å². The summed E-state index contributed by atoms with van der Waals surface area (Å²) in [6.45, 7) is 2.78. The van der Waals surface area contributed by atoms with Gasteiger partial charge in [0.2, 0.25) is 0 Å². The molecule has 0 saturated carbocycles. The highest BCUT2D eigenvalue weighted by atomic mass is 16.5. The van der Waals surface area contributed by atoms with Crippen molar-refractivity contribution < 1.29 is 19.0 Å². The molecule has 0 saturated heterocycles. The first kappa shape index (κ1) is 18.8. The minimum Gasteiger partial charge on any atom is -0.494 e. The Morgan fingerprint density at radius 1 is 0.966 bits per heavy atom. The van der Waals surface area contributed by atoms with Crippen LogP contribution in [-0.2, 0) is 6.42 Å². The largest absolute Gasteiger partial charge is 0.494 e. The summed E-state index contributed by atoms with van der Waals surface area (Å²) >= 11 is 0. The first-order chi connectivity index (χ1) is 14.2. The molecule has 1 heterocycles. The Balaban J connectivity index is 1.75. The maximum Gasteiger partial charge on any atom is 0.196 e. The summed E-state index contributed by atoms with van der Waals surface area (Å²) < 4.78 is 17.2. The van der Waals surface area contributed by atoms with Crippen LogP contribution in [0.1, 0.15) is 28.5 Å². The van der Waals surface area contributed by atoms with Crippen molar-refractivity contribution in [3.8, 4) is 28.4 Å². The van der Waals surface area contributed by atoms with Crippen LogP contribution in [0.3, 0.4) is 0 Å². The summed E-state index contributed by atoms with van der Waals surface area (Å²) in [6, 6.07) is 13.0. The number of nitrogens with two attached hydrogens (primary N) is 1. The number of nitrogens with zero attached hydrogens (tertiary/aromatic N) is 1. The predicted octanol–water partition coefficient (Wildman–Crippen LogP) is 3.90. The second-order valence-electron chi connectivity index (χ2n) is 6.60. The fraction of sp³-hybridized carbons (Fsp3) is 0.217. The lowest BCUT2D eigenvalue weighted by Gasteiger charge is -2.16. The molecular formula is C23H22N2O4. The first-order valence-electron chi connectivity index (χ1n) is 9.49. The number of pyridine rings is 1. The van der Waals surface area contributed by atoms with E-state index in [1.54, 1.807) is 18.3 Å². The number of anilines is 1. The molecule has 0 atom stereocenters. The zero-order valence-corrected chi connectivity index (χ0v) is 16.4. The summed E-state index contributed by atoms with van der Waals surface area (Å²) in [5, 5.41) is 0. The van der Waals surface area contributed by atoms with Crippen molar-refractivity contribution in [2.24, 2.45) is 0 Å². The van der Waals surface area contributed by atoms with Crippen molar-refractivity contribution in [2.75, 3.05) is 26.1 Å². The highest BCUT2D eigenvalue weighted by Gasteiger charge is 2.36. The summed E-state index contributed by atoms with van der Waals surface area (Å²) in [7, 11) is 1.52. The van der Waals surface area contributed by atoms with E-state index >= 15 is 0 Å². The molecule has 0 bridgehead atoms. The van der Waals surface area contributed by atoms with Crippen molar-refractivity contribution >= 4 is 11.5 Å². The Hall–Kier alpha value is -3.54. The molecule has 1 aliphatic carbocycles. The molecule has 0 amide bonds. The molecular weight excluding hydrogens is 368 g/mol. The Morgan fingerprint density at radius 2 is 1.83 bits per heavy atom. The molecule has 0 aliphatic heterocycles. The van der Waals surface area contributed by atoms with Crippen LogP contribution in [0.15, 0.2) is 48.7 Å². The van der Waals surface area contributed by atoms with Gasteiger partial charge in [0.1, 0.15) is 17.2 Å². The number of hydrogen-bond acceptors (Lipinski definition) is 6. The molecule has 4 rings (SSSR count). The first-order valence-corrected chi connectivity index (χ1v) is 9.49. The molecule has 1 aliphatic rings. The van der Waals surface area contributed by atoms with Gasteiger partial charge in [-0.15, -0.1) is 0 Å². The van der Waals surface area contributed by atoms with E-state index in [-0.39, 0.29) is 5.78 Å². The average Bonchev–Trinajstić information content (AvgIpc) is 3.05. The van der Waals surface area contributed by atoms with Gasteiger partial charge in [-0.25, -0.2) is 0 Å². The van der Waals surface area contributed by atoms with Crippen LogP contribution in [0.25, 0.3) is 11.1 Å². The lowest BCUT2D eigenvalue weighted by Crippen LogP contribution is -2.05. The molecule has 1 aromatic heterocycles. The Labute approximate surface area is 169 Å². The number of carbonyl (C=O) groups excluding carboxylic acids is 1. The second kappa shape index (κ2) is 7.83. The highest BCUT2D eigenvalue weighted by molar-refractivity contribution is 6.26. The quantitative estimate of drug-likeness (QED) is 0.482. The second-order valence-corrected chi connectivity index (χ2v) is 6.60. The third-order valence-corrected chi connectivity index (χ3v) is 4.90. The molecule has 0 radical (unpaired) electrons. The van der Waals surface area contributed by atoms with Gasteiger partial charge in [0.05, 0.1) is 31.6 Å². The SMILES string of the molecule is CCOc1cc(OC)c(N)c2c1-c1c(OCCc3ccccn3)cccc1C2=O. The van der Waals surface area contributed by atoms with Gasteiger partial charge in [-0.1, -0.05) is 18.2 Å². The number of aromatic nitrogens is 1. The molecule has 0 unspecified atom stereocenters. The van der Waals surface area contributed by atoms with E-state index in [0.717, 1.165) is 5.69 Å². The molecule has 6 nitrogen and oxygen atoms in total. The molecule has 148 valence electrons. The van der Waals surface area contributed by atoms with Crippen molar-refractivity contribution in [1.29, 1.82) is 0 Å². The van der Waals surface area contributed by atoms with E-state index in [4.69, 9.17) is 19.9 Å². The maximum atomic E-state index is 13.1. The predicted molar refractivity (Wildman–Crippen MR) is 111 cm³/mol. The van der Waals surface area contributed by atoms with Crippen molar-refractivity contribution in [3.05, 3.63) is 65.5 Å². The van der Waals surface area contributed by atoms with Crippen LogP contribution < -0.4 is 19.9 Å². The summed E-state index contributed by atoms with van der Waals surface area (Å²) in [6.07, 6.45) is 2.42. The molecule has 3 aromatic rings.